The van der Waals surface area contributed by atoms with Crippen molar-refractivity contribution >= 4 is 23.2 Å². The number of oxime groups is 1. The molecule has 34 heavy (non-hydrogen) atoms. The molecule has 2 aromatic rings. The van der Waals surface area contributed by atoms with Crippen molar-refractivity contribution in [2.75, 3.05) is 18.3 Å². The van der Waals surface area contributed by atoms with Crippen molar-refractivity contribution in [3.05, 3.63) is 60.7 Å². The maximum atomic E-state index is 13.6. The maximum Gasteiger partial charge on any atom is 0.238 e. The Kier molecular flexibility index (Phi) is 4.10. The van der Waals surface area contributed by atoms with Gasteiger partial charge in [-0.3, -0.25) is 9.59 Å². The summed E-state index contributed by atoms with van der Waals surface area (Å²) in [6.07, 6.45) is 2.33. The third kappa shape index (κ3) is 2.56. The third-order valence-corrected chi connectivity index (χ3v) is 7.82. The first-order valence-corrected chi connectivity index (χ1v) is 11.5. The van der Waals surface area contributed by atoms with Gasteiger partial charge in [0, 0.05) is 23.5 Å². The van der Waals surface area contributed by atoms with E-state index in [2.05, 4.69) is 11.7 Å². The summed E-state index contributed by atoms with van der Waals surface area (Å²) in [5, 5.41) is 4.41. The van der Waals surface area contributed by atoms with Crippen LogP contribution in [-0.4, -0.2) is 37.0 Å². The van der Waals surface area contributed by atoms with Crippen LogP contribution in [0.25, 0.3) is 0 Å². The number of ether oxygens (including phenoxy) is 3. The van der Waals surface area contributed by atoms with Gasteiger partial charge in [-0.05, 0) is 48.7 Å². The lowest BCUT2D eigenvalue weighted by molar-refractivity contribution is -0.125. The van der Waals surface area contributed by atoms with Crippen LogP contribution in [0, 0.1) is 29.6 Å². The molecule has 2 bridgehead atoms. The Bertz CT molecular complexity index is 1250. The number of anilines is 1. The summed E-state index contributed by atoms with van der Waals surface area (Å²) in [7, 11) is 0. The number of hydrogen-bond acceptors (Lipinski definition) is 7. The number of carbonyl (C=O) groups excluding carboxylic acids is 2. The molecule has 8 nitrogen and oxygen atoms in total. The number of hydrogen-bond donors (Lipinski definition) is 0. The van der Waals surface area contributed by atoms with Crippen molar-refractivity contribution in [2.45, 2.75) is 12.5 Å². The van der Waals surface area contributed by atoms with Crippen molar-refractivity contribution in [1.82, 2.24) is 0 Å². The standard InChI is InChI=1S/C26H22N2O6/c1-2-9-31-15-6-3-13(4-7-15)23-22-16-11-17(24(22)34-27-23)21-20(16)25(29)28(26(21)30)14-5-8-18-19(10-14)33-12-32-18/h2-8,10,16-17,20-22,24H,1,9,11-12H2/t16-,17+,20+,21-,22+,24+/m0/s1. The van der Waals surface area contributed by atoms with E-state index >= 15 is 0 Å². The van der Waals surface area contributed by atoms with Crippen molar-refractivity contribution in [2.24, 2.45) is 34.7 Å². The molecule has 7 rings (SSSR count). The predicted molar refractivity (Wildman–Crippen MR) is 121 cm³/mol. The molecule has 3 heterocycles. The van der Waals surface area contributed by atoms with Crippen LogP contribution in [0.1, 0.15) is 12.0 Å². The Hall–Kier alpha value is -3.81. The van der Waals surface area contributed by atoms with Gasteiger partial charge in [-0.1, -0.05) is 17.8 Å². The number of nitrogens with zero attached hydrogens (tertiary/aromatic N) is 2. The molecule has 8 heteroatoms. The molecule has 0 radical (unpaired) electrons. The van der Waals surface area contributed by atoms with E-state index in [1.54, 1.807) is 24.3 Å². The molecular weight excluding hydrogens is 436 g/mol. The van der Waals surface area contributed by atoms with Gasteiger partial charge in [0.05, 0.1) is 23.2 Å². The summed E-state index contributed by atoms with van der Waals surface area (Å²) in [6.45, 7) is 4.25. The van der Waals surface area contributed by atoms with E-state index in [1.165, 1.54) is 4.90 Å². The van der Waals surface area contributed by atoms with Crippen LogP contribution < -0.4 is 19.1 Å². The maximum absolute atomic E-state index is 13.6. The van der Waals surface area contributed by atoms with Gasteiger partial charge in [-0.2, -0.15) is 0 Å². The molecule has 172 valence electrons. The molecular formula is C26H22N2O6. The fraction of sp³-hybridized carbons (Fsp3) is 0.346. The fourth-order valence-electron chi connectivity index (χ4n) is 6.52. The summed E-state index contributed by atoms with van der Waals surface area (Å²) in [6, 6.07) is 12.9. The number of benzene rings is 2. The van der Waals surface area contributed by atoms with Crippen LogP contribution >= 0.6 is 0 Å². The van der Waals surface area contributed by atoms with Gasteiger partial charge in [0.2, 0.25) is 18.6 Å². The van der Waals surface area contributed by atoms with Crippen LogP contribution in [0.15, 0.2) is 60.3 Å². The topological polar surface area (TPSA) is 86.7 Å². The van der Waals surface area contributed by atoms with Crippen molar-refractivity contribution in [1.29, 1.82) is 0 Å². The molecule has 2 saturated carbocycles. The summed E-state index contributed by atoms with van der Waals surface area (Å²) in [4.78, 5) is 34.3. The fourth-order valence-corrected chi connectivity index (χ4v) is 6.52. The molecule has 0 aromatic heterocycles. The summed E-state index contributed by atoms with van der Waals surface area (Å²) < 4.78 is 16.4. The monoisotopic (exact) mass is 458 g/mol. The van der Waals surface area contributed by atoms with Gasteiger partial charge in [0.1, 0.15) is 18.5 Å². The minimum Gasteiger partial charge on any atom is -0.490 e. The predicted octanol–water partition coefficient (Wildman–Crippen LogP) is 3.15. The normalized spacial score (nSPS) is 31.9. The average molecular weight is 458 g/mol. The Morgan fingerprint density at radius 2 is 1.76 bits per heavy atom. The van der Waals surface area contributed by atoms with Crippen molar-refractivity contribution < 1.29 is 28.6 Å². The quantitative estimate of drug-likeness (QED) is 0.505. The average Bonchev–Trinajstić information content (AvgIpc) is 3.65. The lowest BCUT2D eigenvalue weighted by Crippen LogP contribution is -2.41. The van der Waals surface area contributed by atoms with Crippen LogP contribution in [-0.2, 0) is 14.4 Å². The number of fused-ring (bicyclic) bond motifs is 9. The van der Waals surface area contributed by atoms with E-state index in [-0.39, 0.29) is 54.3 Å². The summed E-state index contributed by atoms with van der Waals surface area (Å²) in [5.41, 5.74) is 2.34. The van der Waals surface area contributed by atoms with E-state index in [0.717, 1.165) is 23.4 Å². The SMILES string of the molecule is C=CCOc1ccc(C2=NO[C@@H]3[C@@H]4C[C@@H]([C@H]5C(=O)N(c6ccc7c(c6)OCO7)C(=O)[C@@H]45)[C@H]23)cc1. The molecule has 0 unspecified atom stereocenters. The van der Waals surface area contributed by atoms with E-state index in [4.69, 9.17) is 19.0 Å². The van der Waals surface area contributed by atoms with Crippen LogP contribution in [0.4, 0.5) is 5.69 Å². The van der Waals surface area contributed by atoms with E-state index in [0.29, 0.717) is 23.8 Å². The highest BCUT2D eigenvalue weighted by atomic mass is 16.7. The summed E-state index contributed by atoms with van der Waals surface area (Å²) in [5.74, 6) is 0.907. The first kappa shape index (κ1) is 19.6. The van der Waals surface area contributed by atoms with Gasteiger partial charge in [-0.25, -0.2) is 4.90 Å². The van der Waals surface area contributed by atoms with Gasteiger partial charge in [0.15, 0.2) is 11.5 Å². The molecule has 0 spiro atoms. The minimum atomic E-state index is -0.367. The van der Waals surface area contributed by atoms with E-state index in [9.17, 15) is 9.59 Å². The zero-order valence-electron chi connectivity index (χ0n) is 18.3. The van der Waals surface area contributed by atoms with Gasteiger partial charge in [0.25, 0.3) is 0 Å². The van der Waals surface area contributed by atoms with Gasteiger partial charge < -0.3 is 19.0 Å². The summed E-state index contributed by atoms with van der Waals surface area (Å²) >= 11 is 0. The molecule has 2 aromatic carbocycles. The first-order valence-electron chi connectivity index (χ1n) is 11.5. The highest BCUT2D eigenvalue weighted by molar-refractivity contribution is 6.23. The lowest BCUT2D eigenvalue weighted by atomic mass is 9.71. The Labute approximate surface area is 195 Å². The van der Waals surface area contributed by atoms with E-state index in [1.807, 2.05) is 24.3 Å². The van der Waals surface area contributed by atoms with Crippen LogP contribution in [0.5, 0.6) is 17.2 Å². The highest BCUT2D eigenvalue weighted by Gasteiger charge is 2.70. The molecule has 2 amide bonds. The third-order valence-electron chi connectivity index (χ3n) is 7.82. The molecule has 3 fully saturated rings. The Morgan fingerprint density at radius 1 is 1.00 bits per heavy atom. The molecule has 1 saturated heterocycles. The Morgan fingerprint density at radius 3 is 2.56 bits per heavy atom. The number of amides is 2. The van der Waals surface area contributed by atoms with Crippen molar-refractivity contribution in [3.8, 4) is 17.2 Å². The molecule has 0 N–H and O–H groups in total. The number of rotatable bonds is 5. The minimum absolute atomic E-state index is 0.000326. The van der Waals surface area contributed by atoms with Crippen molar-refractivity contribution in [3.63, 3.8) is 0 Å². The molecule has 3 aliphatic heterocycles. The van der Waals surface area contributed by atoms with Gasteiger partial charge >= 0.3 is 0 Å². The zero-order valence-corrected chi connectivity index (χ0v) is 18.3. The van der Waals surface area contributed by atoms with Crippen LogP contribution in [0.3, 0.4) is 0 Å². The molecule has 6 atom stereocenters. The highest BCUT2D eigenvalue weighted by Crippen LogP contribution is 2.62. The van der Waals surface area contributed by atoms with Gasteiger partial charge in [-0.15, -0.1) is 0 Å². The second-order valence-electron chi connectivity index (χ2n) is 9.36. The zero-order chi connectivity index (χ0) is 23.0. The van der Waals surface area contributed by atoms with Crippen LogP contribution in [0.2, 0.25) is 0 Å². The van der Waals surface area contributed by atoms with E-state index < -0.39 is 0 Å². The molecule has 2 aliphatic carbocycles. The molecule has 5 aliphatic rings. The second-order valence-corrected chi connectivity index (χ2v) is 9.36. The Balaban J connectivity index is 1.17. The second kappa shape index (κ2) is 7.09. The smallest absolute Gasteiger partial charge is 0.238 e. The number of carbonyl (C=O) groups is 2. The largest absolute Gasteiger partial charge is 0.490 e. The first-order chi connectivity index (χ1) is 16.7. The number of imide groups is 1. The lowest BCUT2D eigenvalue weighted by Gasteiger charge is -2.29.